The number of methoxy groups -OCH3 is 1. The molecule has 0 heterocycles. The van der Waals surface area contributed by atoms with Gasteiger partial charge in [-0.2, -0.15) is 0 Å². The van der Waals surface area contributed by atoms with Crippen LogP contribution in [0.3, 0.4) is 0 Å². The lowest BCUT2D eigenvalue weighted by atomic mass is 9.98. The molecule has 34 heavy (non-hydrogen) atoms. The largest absolute Gasteiger partial charge is 0.479 e. The molecule has 0 radical (unpaired) electrons. The summed E-state index contributed by atoms with van der Waals surface area (Å²) in [6, 6.07) is 15.8. The van der Waals surface area contributed by atoms with Crippen molar-refractivity contribution in [3.8, 4) is 11.1 Å². The van der Waals surface area contributed by atoms with Crippen LogP contribution in [0.2, 0.25) is 0 Å². The monoisotopic (exact) mass is 468 g/mol. The topological polar surface area (TPSA) is 114 Å². The zero-order valence-electron chi connectivity index (χ0n) is 19.6. The second-order valence-corrected chi connectivity index (χ2v) is 8.38. The molecule has 1 unspecified atom stereocenters. The maximum Gasteiger partial charge on any atom is 0.407 e. The first-order valence-electron chi connectivity index (χ1n) is 11.6. The van der Waals surface area contributed by atoms with E-state index in [4.69, 9.17) is 14.6 Å². The third kappa shape index (κ3) is 6.35. The Bertz CT molecular complexity index is 963. The Morgan fingerprint density at radius 1 is 1.03 bits per heavy atom. The summed E-state index contributed by atoms with van der Waals surface area (Å²) in [5, 5.41) is 14.4. The summed E-state index contributed by atoms with van der Waals surface area (Å²) in [6.07, 6.45) is 0.692. The van der Waals surface area contributed by atoms with Crippen LogP contribution in [-0.2, 0) is 19.1 Å². The molecular formula is C26H32N2O6. The maximum absolute atomic E-state index is 12.6. The van der Waals surface area contributed by atoms with E-state index in [-0.39, 0.29) is 31.4 Å². The summed E-state index contributed by atoms with van der Waals surface area (Å²) in [6.45, 7) is 2.08. The molecule has 3 N–H and O–H groups in total. The number of ether oxygens (including phenoxy) is 2. The fourth-order valence-electron chi connectivity index (χ4n) is 4.26. The van der Waals surface area contributed by atoms with Gasteiger partial charge in [-0.15, -0.1) is 0 Å². The second-order valence-electron chi connectivity index (χ2n) is 8.38. The third-order valence-corrected chi connectivity index (χ3v) is 6.05. The normalized spacial score (nSPS) is 13.9. The highest BCUT2D eigenvalue weighted by Crippen LogP contribution is 2.44. The Kier molecular flexibility index (Phi) is 9.04. The van der Waals surface area contributed by atoms with Crippen molar-refractivity contribution in [2.24, 2.45) is 0 Å². The Hall–Kier alpha value is -3.39. The van der Waals surface area contributed by atoms with Gasteiger partial charge in [-0.05, 0) is 28.7 Å². The van der Waals surface area contributed by atoms with Gasteiger partial charge >= 0.3 is 12.1 Å². The van der Waals surface area contributed by atoms with E-state index in [1.54, 1.807) is 0 Å². The zero-order chi connectivity index (χ0) is 24.5. The molecule has 0 aromatic heterocycles. The third-order valence-electron chi connectivity index (χ3n) is 6.05. The Morgan fingerprint density at radius 3 is 2.21 bits per heavy atom. The Labute approximate surface area is 199 Å². The Balaban J connectivity index is 1.57. The fraction of sp³-hybridized carbons (Fsp3) is 0.423. The number of fused-ring (bicyclic) bond motifs is 3. The second kappa shape index (κ2) is 12.2. The molecule has 2 atom stereocenters. The average Bonchev–Trinajstić information content (AvgIpc) is 3.15. The molecule has 0 aliphatic heterocycles. The van der Waals surface area contributed by atoms with Gasteiger partial charge in [0.05, 0.1) is 6.54 Å². The lowest BCUT2D eigenvalue weighted by Crippen LogP contribution is -2.42. The molecule has 0 saturated carbocycles. The highest BCUT2D eigenvalue weighted by atomic mass is 16.5. The van der Waals surface area contributed by atoms with Gasteiger partial charge in [0, 0.05) is 25.5 Å². The van der Waals surface area contributed by atoms with Crippen molar-refractivity contribution in [3.63, 3.8) is 0 Å². The van der Waals surface area contributed by atoms with Crippen LogP contribution in [0.25, 0.3) is 11.1 Å². The van der Waals surface area contributed by atoms with Crippen LogP contribution in [0.5, 0.6) is 0 Å². The number of aliphatic carboxylic acids is 1. The van der Waals surface area contributed by atoms with Gasteiger partial charge in [-0.25, -0.2) is 9.59 Å². The van der Waals surface area contributed by atoms with Crippen LogP contribution in [0.15, 0.2) is 48.5 Å². The van der Waals surface area contributed by atoms with E-state index in [2.05, 4.69) is 34.9 Å². The predicted molar refractivity (Wildman–Crippen MR) is 128 cm³/mol. The summed E-state index contributed by atoms with van der Waals surface area (Å²) in [7, 11) is 1.27. The number of hydrogen-bond acceptors (Lipinski definition) is 5. The highest BCUT2D eigenvalue weighted by Gasteiger charge is 2.29. The number of nitrogens with one attached hydrogen (secondary N) is 2. The molecule has 8 heteroatoms. The number of rotatable bonds is 12. The van der Waals surface area contributed by atoms with Gasteiger partial charge in [-0.3, -0.25) is 4.79 Å². The first kappa shape index (κ1) is 25.2. The highest BCUT2D eigenvalue weighted by molar-refractivity contribution is 5.80. The van der Waals surface area contributed by atoms with Crippen LogP contribution in [0, 0.1) is 0 Å². The minimum absolute atomic E-state index is 0.0280. The van der Waals surface area contributed by atoms with Gasteiger partial charge in [0.15, 0.2) is 6.10 Å². The standard InChI is InChI=1S/C26H32N2O6/c1-3-4-9-17(14-24(29)27-15-23(33-2)25(30)31)28-26(32)34-16-22-20-12-7-5-10-18(20)19-11-6-8-13-21(19)22/h5-8,10-13,17,22-23H,3-4,9,14-16H2,1-2H3,(H,27,29)(H,28,32)(H,30,31)/t17-,23?/m0/s1. The molecule has 1 aliphatic rings. The summed E-state index contributed by atoms with van der Waals surface area (Å²) >= 11 is 0. The van der Waals surface area contributed by atoms with Gasteiger partial charge in [0.1, 0.15) is 6.61 Å². The molecule has 0 bridgehead atoms. The minimum atomic E-state index is -1.15. The molecule has 0 spiro atoms. The van der Waals surface area contributed by atoms with Crippen molar-refractivity contribution in [2.45, 2.75) is 50.7 Å². The number of carbonyl (C=O) groups excluding carboxylic acids is 2. The van der Waals surface area contributed by atoms with Gasteiger partial charge < -0.3 is 25.2 Å². The van der Waals surface area contributed by atoms with Crippen LogP contribution in [0.1, 0.15) is 49.7 Å². The molecular weight excluding hydrogens is 436 g/mol. The number of alkyl carbamates (subject to hydrolysis) is 1. The number of carboxylic acids is 1. The molecule has 182 valence electrons. The molecule has 2 aromatic rings. The fourth-order valence-corrected chi connectivity index (χ4v) is 4.26. The summed E-state index contributed by atoms with van der Waals surface area (Å²) < 4.78 is 10.4. The van der Waals surface area contributed by atoms with Crippen LogP contribution in [-0.4, -0.2) is 55.5 Å². The summed E-state index contributed by atoms with van der Waals surface area (Å²) in [5.41, 5.74) is 4.56. The van der Waals surface area contributed by atoms with Crippen LogP contribution in [0.4, 0.5) is 4.79 Å². The minimum Gasteiger partial charge on any atom is -0.479 e. The predicted octanol–water partition coefficient (Wildman–Crippen LogP) is 3.69. The number of unbranched alkanes of at least 4 members (excludes halogenated alkanes) is 1. The lowest BCUT2D eigenvalue weighted by Gasteiger charge is -2.20. The summed E-state index contributed by atoms with van der Waals surface area (Å²) in [4.78, 5) is 36.0. The molecule has 8 nitrogen and oxygen atoms in total. The molecule has 2 aromatic carbocycles. The lowest BCUT2D eigenvalue weighted by molar-refractivity contribution is -0.148. The average molecular weight is 469 g/mol. The number of carboxylic acid groups (broad SMARTS) is 1. The maximum atomic E-state index is 12.6. The van der Waals surface area contributed by atoms with Gasteiger partial charge in [0.25, 0.3) is 0 Å². The van der Waals surface area contributed by atoms with Crippen molar-refractivity contribution in [1.29, 1.82) is 0 Å². The zero-order valence-corrected chi connectivity index (χ0v) is 19.6. The first-order chi connectivity index (χ1) is 16.4. The molecule has 1 aliphatic carbocycles. The van der Waals surface area contributed by atoms with E-state index >= 15 is 0 Å². The van der Waals surface area contributed by atoms with Crippen molar-refractivity contribution >= 4 is 18.0 Å². The van der Waals surface area contributed by atoms with E-state index in [9.17, 15) is 14.4 Å². The van der Waals surface area contributed by atoms with E-state index in [0.29, 0.717) is 6.42 Å². The van der Waals surface area contributed by atoms with Crippen molar-refractivity contribution in [1.82, 2.24) is 10.6 Å². The van der Waals surface area contributed by atoms with E-state index in [0.717, 1.165) is 35.1 Å². The van der Waals surface area contributed by atoms with E-state index in [1.807, 2.05) is 31.2 Å². The van der Waals surface area contributed by atoms with E-state index < -0.39 is 24.2 Å². The number of hydrogen-bond donors (Lipinski definition) is 3. The first-order valence-corrected chi connectivity index (χ1v) is 11.6. The number of benzene rings is 2. The summed E-state index contributed by atoms with van der Waals surface area (Å²) in [5.74, 6) is -1.55. The number of amides is 2. The van der Waals surface area contributed by atoms with Crippen LogP contribution < -0.4 is 10.6 Å². The van der Waals surface area contributed by atoms with Gasteiger partial charge in [0.2, 0.25) is 5.91 Å². The number of carbonyl (C=O) groups is 3. The van der Waals surface area contributed by atoms with E-state index in [1.165, 1.54) is 7.11 Å². The molecule has 0 saturated heterocycles. The molecule has 0 fully saturated rings. The quantitative estimate of drug-likeness (QED) is 0.438. The van der Waals surface area contributed by atoms with Crippen molar-refractivity contribution < 1.29 is 29.0 Å². The smallest absolute Gasteiger partial charge is 0.407 e. The molecule has 3 rings (SSSR count). The molecule has 2 amide bonds. The van der Waals surface area contributed by atoms with Crippen molar-refractivity contribution in [3.05, 3.63) is 59.7 Å². The van der Waals surface area contributed by atoms with Crippen molar-refractivity contribution in [2.75, 3.05) is 20.3 Å². The van der Waals surface area contributed by atoms with Gasteiger partial charge in [-0.1, -0.05) is 68.3 Å². The van der Waals surface area contributed by atoms with Crippen LogP contribution >= 0.6 is 0 Å². The Morgan fingerprint density at radius 2 is 1.65 bits per heavy atom. The SMILES string of the molecule is CCCC[C@@H](CC(=O)NCC(OC)C(=O)O)NC(=O)OCC1c2ccccc2-c2ccccc21.